The molecule has 0 saturated carbocycles. The van der Waals surface area contributed by atoms with Gasteiger partial charge in [-0.1, -0.05) is 0 Å². The van der Waals surface area contributed by atoms with Crippen LogP contribution in [0.1, 0.15) is 35.0 Å². The van der Waals surface area contributed by atoms with Gasteiger partial charge in [-0.25, -0.2) is 0 Å². The van der Waals surface area contributed by atoms with Crippen molar-refractivity contribution >= 4 is 0 Å². The first-order chi connectivity index (χ1) is 11.8. The summed E-state index contributed by atoms with van der Waals surface area (Å²) >= 11 is -1.85. The van der Waals surface area contributed by atoms with Crippen molar-refractivity contribution in [1.82, 2.24) is 0 Å². The smallest absolute Gasteiger partial charge is 1.00 e. The zero-order valence-electron chi connectivity index (χ0n) is 15.2. The SMILES string of the molecule is CC(C)=C[CH2][Zr+2]([C]1=CC=CC1)[CH]1c2ccccc2-c2ccccc21.[Cl-].[Cl-]. The Balaban J connectivity index is 0.00000121. The molecule has 0 saturated heterocycles. The van der Waals surface area contributed by atoms with Crippen molar-refractivity contribution in [3.05, 3.63) is 92.8 Å². The normalized spacial score (nSPS) is 13.8. The molecule has 2 aromatic carbocycles. The maximum absolute atomic E-state index is 2.50. The maximum Gasteiger partial charge on any atom is -1.00 e. The number of halogens is 2. The summed E-state index contributed by atoms with van der Waals surface area (Å²) < 4.78 is 3.75. The van der Waals surface area contributed by atoms with Gasteiger partial charge in [0.15, 0.2) is 0 Å². The second-order valence-corrected chi connectivity index (χ2v) is 13.5. The monoisotopic (exact) mass is 459 g/mol. The van der Waals surface area contributed by atoms with E-state index in [1.54, 1.807) is 14.4 Å². The number of rotatable bonds is 4. The Morgan fingerprint density at radius 3 is 2.04 bits per heavy atom. The zero-order valence-corrected chi connectivity index (χ0v) is 19.1. The molecule has 4 rings (SSSR count). The van der Waals surface area contributed by atoms with E-state index in [0.29, 0.717) is 3.63 Å². The molecule has 3 heteroatoms. The third-order valence-corrected chi connectivity index (χ3v) is 12.9. The van der Waals surface area contributed by atoms with E-state index in [4.69, 9.17) is 0 Å². The first-order valence-corrected chi connectivity index (χ1v) is 13.2. The van der Waals surface area contributed by atoms with E-state index < -0.39 is 21.8 Å². The topological polar surface area (TPSA) is 0 Å². The fourth-order valence-corrected chi connectivity index (χ4v) is 12.4. The molecule has 0 spiro atoms. The van der Waals surface area contributed by atoms with Crippen LogP contribution in [0.25, 0.3) is 11.1 Å². The Kier molecular flexibility index (Phi) is 7.71. The molecule has 133 valence electrons. The predicted octanol–water partition coefficient (Wildman–Crippen LogP) is 0.611. The minimum Gasteiger partial charge on any atom is -1.00 e. The molecule has 0 fully saturated rings. The van der Waals surface area contributed by atoms with Crippen molar-refractivity contribution in [1.29, 1.82) is 0 Å². The van der Waals surface area contributed by atoms with E-state index in [2.05, 4.69) is 86.7 Å². The molecule has 0 aromatic heterocycles. The van der Waals surface area contributed by atoms with Crippen LogP contribution in [0.4, 0.5) is 0 Å². The van der Waals surface area contributed by atoms with Crippen molar-refractivity contribution in [2.24, 2.45) is 0 Å². The first-order valence-electron chi connectivity index (χ1n) is 8.79. The fourth-order valence-electron chi connectivity index (χ4n) is 3.96. The Hall–Kier alpha value is -0.877. The summed E-state index contributed by atoms with van der Waals surface area (Å²) in [6, 6.07) is 18.2. The average Bonchev–Trinajstić information content (AvgIpc) is 3.23. The minimum atomic E-state index is -1.85. The third-order valence-electron chi connectivity index (χ3n) is 5.10. The standard InChI is InChI=1S/C13H9.C5H5.C5H9.2ClH.Zr/c1-3-7-12-10(5-1)9-11-6-2-4-8-13(11)12;1-2-4-5-3-1;1-4-5(2)3;;;/h1-9H;1-3H,4H2;4H,1H2,2-3H3;2*1H;/q;;;;;+2/p-2. The molecule has 0 unspecified atom stereocenters. The van der Waals surface area contributed by atoms with E-state index in [-0.39, 0.29) is 24.8 Å². The molecular formula is C23H23Cl2Zr. The van der Waals surface area contributed by atoms with Gasteiger partial charge >= 0.3 is 154 Å². The Morgan fingerprint density at radius 2 is 1.54 bits per heavy atom. The number of allylic oxidation sites excluding steroid dienone is 6. The summed E-state index contributed by atoms with van der Waals surface area (Å²) in [5.74, 6) is 0. The van der Waals surface area contributed by atoms with Gasteiger partial charge in [0.25, 0.3) is 0 Å². The number of fused-ring (bicyclic) bond motifs is 3. The van der Waals surface area contributed by atoms with E-state index in [1.807, 2.05) is 0 Å². The Bertz CT molecular complexity index is 815. The van der Waals surface area contributed by atoms with Gasteiger partial charge in [0.05, 0.1) is 0 Å². The molecule has 0 radical (unpaired) electrons. The van der Waals surface area contributed by atoms with E-state index in [1.165, 1.54) is 27.2 Å². The van der Waals surface area contributed by atoms with Crippen molar-refractivity contribution in [3.8, 4) is 11.1 Å². The van der Waals surface area contributed by atoms with Crippen LogP contribution in [0.5, 0.6) is 0 Å². The van der Waals surface area contributed by atoms with Crippen molar-refractivity contribution < 1.29 is 46.6 Å². The van der Waals surface area contributed by atoms with Gasteiger partial charge in [0.2, 0.25) is 0 Å². The van der Waals surface area contributed by atoms with Crippen LogP contribution in [0, 0.1) is 0 Å². The molecule has 0 heterocycles. The van der Waals surface area contributed by atoms with Gasteiger partial charge in [-0.3, -0.25) is 0 Å². The summed E-state index contributed by atoms with van der Waals surface area (Å²) in [7, 11) is 0. The quantitative estimate of drug-likeness (QED) is 0.586. The van der Waals surface area contributed by atoms with Crippen LogP contribution >= 0.6 is 0 Å². The van der Waals surface area contributed by atoms with Crippen LogP contribution in [0.2, 0.25) is 4.13 Å². The Morgan fingerprint density at radius 1 is 0.962 bits per heavy atom. The Labute approximate surface area is 177 Å². The first kappa shape index (κ1) is 21.4. The summed E-state index contributed by atoms with van der Waals surface area (Å²) in [5.41, 5.74) is 7.57. The second-order valence-electron chi connectivity index (χ2n) is 6.94. The van der Waals surface area contributed by atoms with Crippen molar-refractivity contribution in [2.75, 3.05) is 0 Å². The molecule has 2 aliphatic rings. The van der Waals surface area contributed by atoms with Crippen LogP contribution in [-0.4, -0.2) is 0 Å². The molecule has 2 aliphatic carbocycles. The largest absolute Gasteiger partial charge is 1.00 e. The van der Waals surface area contributed by atoms with Crippen LogP contribution in [-0.2, 0) is 21.8 Å². The summed E-state index contributed by atoms with van der Waals surface area (Å²) in [5, 5.41) is 0. The average molecular weight is 462 g/mol. The molecule has 0 bridgehead atoms. The van der Waals surface area contributed by atoms with Gasteiger partial charge in [-0.05, 0) is 0 Å². The summed E-state index contributed by atoms with van der Waals surface area (Å²) in [6.45, 7) is 4.47. The van der Waals surface area contributed by atoms with Gasteiger partial charge in [-0.15, -0.1) is 0 Å². The van der Waals surface area contributed by atoms with Crippen molar-refractivity contribution in [2.45, 2.75) is 28.0 Å². The van der Waals surface area contributed by atoms with Crippen LogP contribution in [0.15, 0.2) is 81.7 Å². The van der Waals surface area contributed by atoms with Crippen molar-refractivity contribution in [3.63, 3.8) is 0 Å². The van der Waals surface area contributed by atoms with Gasteiger partial charge in [-0.2, -0.15) is 0 Å². The summed E-state index contributed by atoms with van der Waals surface area (Å²) in [6.07, 6.45) is 10.7. The van der Waals surface area contributed by atoms with Gasteiger partial charge in [0, 0.05) is 0 Å². The third kappa shape index (κ3) is 4.01. The molecule has 0 nitrogen and oxygen atoms in total. The molecule has 0 atom stereocenters. The van der Waals surface area contributed by atoms with Crippen LogP contribution in [0.3, 0.4) is 0 Å². The predicted molar refractivity (Wildman–Crippen MR) is 99.8 cm³/mol. The zero-order chi connectivity index (χ0) is 16.5. The molecule has 26 heavy (non-hydrogen) atoms. The molecule has 0 aliphatic heterocycles. The van der Waals surface area contributed by atoms with Gasteiger partial charge in [0.1, 0.15) is 0 Å². The molecule has 0 amide bonds. The number of hydrogen-bond donors (Lipinski definition) is 0. The fraction of sp³-hybridized carbons (Fsp3) is 0.217. The number of hydrogen-bond acceptors (Lipinski definition) is 0. The van der Waals surface area contributed by atoms with E-state index in [0.717, 1.165) is 0 Å². The summed E-state index contributed by atoms with van der Waals surface area (Å²) in [4.78, 5) is 0. The molecule has 2 aromatic rings. The van der Waals surface area contributed by atoms with Gasteiger partial charge < -0.3 is 24.8 Å². The maximum atomic E-state index is 2.50. The van der Waals surface area contributed by atoms with E-state index >= 15 is 0 Å². The second kappa shape index (κ2) is 9.36. The van der Waals surface area contributed by atoms with E-state index in [9.17, 15) is 0 Å². The minimum absolute atomic E-state index is 0. The molecule has 0 N–H and O–H groups in total. The molecular weight excluding hydrogens is 438 g/mol. The number of benzene rings is 2. The van der Waals surface area contributed by atoms with Crippen LogP contribution < -0.4 is 24.8 Å².